The van der Waals surface area contributed by atoms with E-state index < -0.39 is 0 Å². The van der Waals surface area contributed by atoms with Crippen molar-refractivity contribution in [3.05, 3.63) is 30.1 Å². The average Bonchev–Trinajstić information content (AvgIpc) is 2.80. The minimum Gasteiger partial charge on any atom is -0.313 e. The molecule has 1 aromatic heterocycles. The van der Waals surface area contributed by atoms with Gasteiger partial charge < -0.3 is 5.32 Å². The standard InChI is InChI=1S/C12H14N2O/c15-11(6-9-3-1-2-4-13-9)12-8-5-10(12)14-7-8/h1-4,8,10,12,14H,5-7H2. The summed E-state index contributed by atoms with van der Waals surface area (Å²) in [6.07, 6.45) is 3.44. The Morgan fingerprint density at radius 3 is 3.07 bits per heavy atom. The van der Waals surface area contributed by atoms with E-state index in [0.29, 0.717) is 24.2 Å². The molecule has 0 aromatic carbocycles. The number of ketones is 1. The van der Waals surface area contributed by atoms with Crippen LogP contribution in [0.15, 0.2) is 24.4 Å². The molecule has 2 bridgehead atoms. The number of nitrogens with zero attached hydrogens (tertiary/aromatic N) is 1. The summed E-state index contributed by atoms with van der Waals surface area (Å²) in [5, 5.41) is 3.37. The van der Waals surface area contributed by atoms with E-state index >= 15 is 0 Å². The minimum absolute atomic E-state index is 0.270. The van der Waals surface area contributed by atoms with Gasteiger partial charge in [-0.1, -0.05) is 6.07 Å². The van der Waals surface area contributed by atoms with Crippen LogP contribution in [-0.2, 0) is 11.2 Å². The highest BCUT2D eigenvalue weighted by atomic mass is 16.1. The Bertz CT molecular complexity index is 362. The van der Waals surface area contributed by atoms with E-state index in [2.05, 4.69) is 10.3 Å². The Balaban J connectivity index is 1.67. The molecule has 3 aliphatic rings. The van der Waals surface area contributed by atoms with Gasteiger partial charge in [-0.15, -0.1) is 0 Å². The van der Waals surface area contributed by atoms with Gasteiger partial charge in [-0.2, -0.15) is 0 Å². The van der Waals surface area contributed by atoms with Crippen LogP contribution in [0.1, 0.15) is 12.1 Å². The average molecular weight is 202 g/mol. The molecule has 78 valence electrons. The maximum atomic E-state index is 12.0. The third-order valence-corrected chi connectivity index (χ3v) is 3.59. The Morgan fingerprint density at radius 1 is 1.53 bits per heavy atom. The number of hydrogen-bond acceptors (Lipinski definition) is 3. The van der Waals surface area contributed by atoms with E-state index in [4.69, 9.17) is 0 Å². The van der Waals surface area contributed by atoms with Crippen molar-refractivity contribution in [3.63, 3.8) is 0 Å². The maximum absolute atomic E-state index is 12.0. The molecule has 0 spiro atoms. The Labute approximate surface area is 88.9 Å². The second-order valence-corrected chi connectivity index (χ2v) is 4.50. The molecule has 3 heteroatoms. The first kappa shape index (κ1) is 9.04. The molecule has 3 nitrogen and oxygen atoms in total. The lowest BCUT2D eigenvalue weighted by Gasteiger charge is -2.32. The van der Waals surface area contributed by atoms with Crippen LogP contribution in [-0.4, -0.2) is 23.4 Å². The second-order valence-electron chi connectivity index (χ2n) is 4.50. The summed E-state index contributed by atoms with van der Waals surface area (Å²) in [6.45, 7) is 1.03. The summed E-state index contributed by atoms with van der Waals surface area (Å²) < 4.78 is 0. The molecular weight excluding hydrogens is 188 g/mol. The summed E-state index contributed by atoms with van der Waals surface area (Å²) in [7, 11) is 0. The molecule has 3 unspecified atom stereocenters. The highest BCUT2D eigenvalue weighted by Gasteiger charge is 2.49. The lowest BCUT2D eigenvalue weighted by atomic mass is 9.71. The van der Waals surface area contributed by atoms with Gasteiger partial charge in [0.2, 0.25) is 0 Å². The van der Waals surface area contributed by atoms with Crippen molar-refractivity contribution in [3.8, 4) is 0 Å². The fourth-order valence-corrected chi connectivity index (χ4v) is 2.76. The summed E-state index contributed by atoms with van der Waals surface area (Å²) >= 11 is 0. The van der Waals surface area contributed by atoms with Crippen LogP contribution in [0.4, 0.5) is 0 Å². The van der Waals surface area contributed by atoms with Crippen LogP contribution in [0, 0.1) is 11.8 Å². The molecule has 1 saturated carbocycles. The smallest absolute Gasteiger partial charge is 0.143 e. The first-order chi connectivity index (χ1) is 7.34. The van der Waals surface area contributed by atoms with Gasteiger partial charge >= 0.3 is 0 Å². The number of carbonyl (C=O) groups excluding carboxylic acids is 1. The maximum Gasteiger partial charge on any atom is 0.143 e. The third kappa shape index (κ3) is 1.47. The number of aromatic nitrogens is 1. The topological polar surface area (TPSA) is 42.0 Å². The van der Waals surface area contributed by atoms with Crippen molar-refractivity contribution in [1.82, 2.24) is 10.3 Å². The zero-order chi connectivity index (χ0) is 10.3. The highest BCUT2D eigenvalue weighted by Crippen LogP contribution is 2.40. The number of fused-ring (bicyclic) bond motifs is 1. The van der Waals surface area contributed by atoms with Crippen molar-refractivity contribution in [2.45, 2.75) is 18.9 Å². The number of pyridine rings is 1. The molecule has 3 fully saturated rings. The molecule has 3 atom stereocenters. The second kappa shape index (κ2) is 3.42. The van der Waals surface area contributed by atoms with E-state index in [-0.39, 0.29) is 5.92 Å². The van der Waals surface area contributed by atoms with E-state index in [0.717, 1.165) is 12.2 Å². The molecule has 1 aliphatic carbocycles. The predicted octanol–water partition coefficient (Wildman–Crippen LogP) is 0.801. The van der Waals surface area contributed by atoms with Crippen LogP contribution < -0.4 is 5.32 Å². The van der Waals surface area contributed by atoms with Crippen LogP contribution in [0.25, 0.3) is 0 Å². The van der Waals surface area contributed by atoms with E-state index in [9.17, 15) is 4.79 Å². The fourth-order valence-electron chi connectivity index (χ4n) is 2.76. The van der Waals surface area contributed by atoms with Crippen molar-refractivity contribution in [2.75, 3.05) is 6.54 Å². The molecule has 2 aliphatic heterocycles. The summed E-state index contributed by atoms with van der Waals surface area (Å²) in [5.41, 5.74) is 0.897. The highest BCUT2D eigenvalue weighted by molar-refractivity contribution is 5.85. The van der Waals surface area contributed by atoms with E-state index in [1.807, 2.05) is 18.2 Å². The van der Waals surface area contributed by atoms with Gasteiger partial charge in [-0.25, -0.2) is 0 Å². The van der Waals surface area contributed by atoms with Crippen LogP contribution >= 0.6 is 0 Å². The van der Waals surface area contributed by atoms with Crippen molar-refractivity contribution >= 4 is 5.78 Å². The monoisotopic (exact) mass is 202 g/mol. The van der Waals surface area contributed by atoms with E-state index in [1.165, 1.54) is 6.42 Å². The molecule has 3 heterocycles. The lowest BCUT2D eigenvalue weighted by molar-refractivity contribution is -0.126. The van der Waals surface area contributed by atoms with Crippen LogP contribution in [0.5, 0.6) is 0 Å². The number of Topliss-reactive ketones (excluding diaryl/α,β-unsaturated/α-hetero) is 1. The molecule has 0 radical (unpaired) electrons. The van der Waals surface area contributed by atoms with Gasteiger partial charge in [-0.05, 0) is 31.0 Å². The lowest BCUT2D eigenvalue weighted by Crippen LogP contribution is -2.43. The molecule has 0 amide bonds. The van der Waals surface area contributed by atoms with Gasteiger partial charge in [0.05, 0.1) is 0 Å². The van der Waals surface area contributed by atoms with E-state index in [1.54, 1.807) is 6.20 Å². The van der Waals surface area contributed by atoms with Gasteiger partial charge in [-0.3, -0.25) is 9.78 Å². The number of nitrogens with one attached hydrogen (secondary N) is 1. The van der Waals surface area contributed by atoms with Gasteiger partial charge in [0.1, 0.15) is 5.78 Å². The molecule has 4 rings (SSSR count). The number of carbonyl (C=O) groups is 1. The first-order valence-corrected chi connectivity index (χ1v) is 5.50. The molecule has 1 N–H and O–H groups in total. The van der Waals surface area contributed by atoms with Crippen molar-refractivity contribution < 1.29 is 4.79 Å². The molecular formula is C12H14N2O. The first-order valence-electron chi connectivity index (χ1n) is 5.50. The van der Waals surface area contributed by atoms with Crippen LogP contribution in [0.3, 0.4) is 0 Å². The largest absolute Gasteiger partial charge is 0.313 e. The quantitative estimate of drug-likeness (QED) is 0.788. The van der Waals surface area contributed by atoms with Gasteiger partial charge in [0.15, 0.2) is 0 Å². The van der Waals surface area contributed by atoms with Gasteiger partial charge in [0, 0.05) is 30.3 Å². The third-order valence-electron chi connectivity index (χ3n) is 3.59. The molecule has 2 saturated heterocycles. The Hall–Kier alpha value is -1.22. The Morgan fingerprint density at radius 2 is 2.47 bits per heavy atom. The zero-order valence-corrected chi connectivity index (χ0v) is 8.52. The fraction of sp³-hybridized carbons (Fsp3) is 0.500. The predicted molar refractivity (Wildman–Crippen MR) is 56.3 cm³/mol. The summed E-state index contributed by atoms with van der Waals surface area (Å²) in [5.74, 6) is 1.23. The Kier molecular flexibility index (Phi) is 2.06. The zero-order valence-electron chi connectivity index (χ0n) is 8.52. The summed E-state index contributed by atoms with van der Waals surface area (Å²) in [6, 6.07) is 6.20. The van der Waals surface area contributed by atoms with Crippen LogP contribution in [0.2, 0.25) is 0 Å². The number of hydrogen-bond donors (Lipinski definition) is 1. The normalized spacial score (nSPS) is 32.4. The minimum atomic E-state index is 0.270. The molecule has 15 heavy (non-hydrogen) atoms. The molecule has 1 aromatic rings. The van der Waals surface area contributed by atoms with Crippen molar-refractivity contribution in [2.24, 2.45) is 11.8 Å². The summed E-state index contributed by atoms with van der Waals surface area (Å²) in [4.78, 5) is 16.2. The number of rotatable bonds is 3. The SMILES string of the molecule is O=C(Cc1ccccn1)C1C2CNC1C2. The van der Waals surface area contributed by atoms with Crippen molar-refractivity contribution in [1.29, 1.82) is 0 Å². The van der Waals surface area contributed by atoms with Gasteiger partial charge in [0.25, 0.3) is 0 Å².